The van der Waals surface area contributed by atoms with Gasteiger partial charge in [0, 0.05) is 17.6 Å². The molecule has 0 heterocycles. The van der Waals surface area contributed by atoms with E-state index in [0.29, 0.717) is 10.6 Å². The molecule has 0 saturated carbocycles. The van der Waals surface area contributed by atoms with Crippen LogP contribution in [0.15, 0.2) is 24.3 Å². The lowest BCUT2D eigenvalue weighted by Gasteiger charge is -2.24. The summed E-state index contributed by atoms with van der Waals surface area (Å²) in [6.07, 6.45) is 0. The van der Waals surface area contributed by atoms with Gasteiger partial charge in [-0.05, 0) is 38.5 Å². The number of nitrogens with one attached hydrogen (secondary N) is 2. The number of halogens is 1. The largest absolute Gasteiger partial charge is 0.384 e. The third-order valence-corrected chi connectivity index (χ3v) is 4.02. The predicted octanol–water partition coefficient (Wildman–Crippen LogP) is 1.38. The van der Waals surface area contributed by atoms with Gasteiger partial charge in [0.05, 0.1) is 0 Å². The van der Waals surface area contributed by atoms with E-state index in [1.54, 1.807) is 38.1 Å². The summed E-state index contributed by atoms with van der Waals surface area (Å²) < 4.78 is 27.9. The number of benzene rings is 1. The minimum absolute atomic E-state index is 0.128. The topological polar surface area (TPSA) is 78.4 Å². The Labute approximate surface area is 119 Å². The molecule has 3 N–H and O–H groups in total. The molecular formula is C12H19ClN2O3S. The van der Waals surface area contributed by atoms with Gasteiger partial charge in [0.1, 0.15) is 5.60 Å². The van der Waals surface area contributed by atoms with Gasteiger partial charge in [0.25, 0.3) is 10.2 Å². The quantitative estimate of drug-likeness (QED) is 0.743. The lowest BCUT2D eigenvalue weighted by Crippen LogP contribution is -2.45. The van der Waals surface area contributed by atoms with Gasteiger partial charge in [-0.25, -0.2) is 0 Å². The first-order valence-corrected chi connectivity index (χ1v) is 7.74. The average Bonchev–Trinajstić information content (AvgIpc) is 2.26. The SMILES string of the molecule is CC(C)NS(=O)(=O)NCC(C)(O)c1ccc(Cl)cc1. The Balaban J connectivity index is 2.73. The zero-order valence-corrected chi connectivity index (χ0v) is 12.7. The molecule has 0 spiro atoms. The van der Waals surface area contributed by atoms with Gasteiger partial charge >= 0.3 is 0 Å². The minimum Gasteiger partial charge on any atom is -0.384 e. The van der Waals surface area contributed by atoms with E-state index in [4.69, 9.17) is 11.6 Å². The summed E-state index contributed by atoms with van der Waals surface area (Å²) in [5, 5.41) is 10.8. The Morgan fingerprint density at radius 3 is 2.32 bits per heavy atom. The molecule has 1 rings (SSSR count). The van der Waals surface area contributed by atoms with Crippen molar-refractivity contribution in [2.24, 2.45) is 0 Å². The van der Waals surface area contributed by atoms with E-state index >= 15 is 0 Å². The van der Waals surface area contributed by atoms with Crippen LogP contribution in [0.25, 0.3) is 0 Å². The number of hydrogen-bond donors (Lipinski definition) is 3. The molecule has 0 aliphatic rings. The summed E-state index contributed by atoms with van der Waals surface area (Å²) in [6.45, 7) is 4.85. The second kappa shape index (κ2) is 6.19. The van der Waals surface area contributed by atoms with Crippen molar-refractivity contribution in [2.75, 3.05) is 6.54 Å². The Morgan fingerprint density at radius 1 is 1.32 bits per heavy atom. The van der Waals surface area contributed by atoms with Crippen LogP contribution in [0.1, 0.15) is 26.3 Å². The Bertz CT molecular complexity index is 512. The summed E-state index contributed by atoms with van der Waals surface area (Å²) >= 11 is 5.77. The van der Waals surface area contributed by atoms with E-state index in [1.807, 2.05) is 0 Å². The molecule has 0 fully saturated rings. The molecule has 1 aromatic rings. The lowest BCUT2D eigenvalue weighted by molar-refractivity contribution is 0.0626. The molecular weight excluding hydrogens is 288 g/mol. The first-order chi connectivity index (χ1) is 8.62. The van der Waals surface area contributed by atoms with Gasteiger partial charge in [-0.2, -0.15) is 17.9 Å². The second-order valence-electron chi connectivity index (χ2n) is 4.88. The molecule has 1 unspecified atom stereocenters. The average molecular weight is 307 g/mol. The van der Waals surface area contributed by atoms with Crippen LogP contribution in [0, 0.1) is 0 Å². The third kappa shape index (κ3) is 5.46. The fourth-order valence-electron chi connectivity index (χ4n) is 1.50. The summed E-state index contributed by atoms with van der Waals surface area (Å²) in [5.41, 5.74) is -0.722. The van der Waals surface area contributed by atoms with Gasteiger partial charge < -0.3 is 5.11 Å². The third-order valence-electron chi connectivity index (χ3n) is 2.46. The standard InChI is InChI=1S/C12H19ClN2O3S/c1-9(2)15-19(17,18)14-8-12(3,16)10-4-6-11(13)7-5-10/h4-7,9,14-16H,8H2,1-3H3. The Kier molecular flexibility index (Phi) is 5.34. The minimum atomic E-state index is -3.62. The van der Waals surface area contributed by atoms with Crippen LogP contribution in [0.4, 0.5) is 0 Å². The maximum atomic E-state index is 11.6. The molecule has 0 saturated heterocycles. The van der Waals surface area contributed by atoms with Gasteiger partial charge in [-0.15, -0.1) is 0 Å². The predicted molar refractivity (Wildman–Crippen MR) is 76.2 cm³/mol. The van der Waals surface area contributed by atoms with Crippen molar-refractivity contribution >= 4 is 21.8 Å². The molecule has 0 aliphatic heterocycles. The molecule has 0 radical (unpaired) electrons. The van der Waals surface area contributed by atoms with Crippen molar-refractivity contribution in [3.63, 3.8) is 0 Å². The van der Waals surface area contributed by atoms with Gasteiger partial charge in [-0.3, -0.25) is 0 Å². The zero-order chi connectivity index (χ0) is 14.7. The molecule has 0 bridgehead atoms. The van der Waals surface area contributed by atoms with E-state index in [2.05, 4.69) is 9.44 Å². The molecule has 7 heteroatoms. The lowest BCUT2D eigenvalue weighted by atomic mass is 9.97. The Hall–Kier alpha value is -0.660. The Morgan fingerprint density at radius 2 is 1.84 bits per heavy atom. The van der Waals surface area contributed by atoms with Gasteiger partial charge in [-0.1, -0.05) is 23.7 Å². The van der Waals surface area contributed by atoms with E-state index < -0.39 is 15.8 Å². The van der Waals surface area contributed by atoms with Crippen LogP contribution in [0.5, 0.6) is 0 Å². The van der Waals surface area contributed by atoms with Crippen LogP contribution in [0.3, 0.4) is 0 Å². The van der Waals surface area contributed by atoms with Crippen molar-refractivity contribution < 1.29 is 13.5 Å². The first-order valence-electron chi connectivity index (χ1n) is 5.88. The number of hydrogen-bond acceptors (Lipinski definition) is 3. The monoisotopic (exact) mass is 306 g/mol. The normalized spacial score (nSPS) is 15.5. The van der Waals surface area contributed by atoms with Crippen LogP contribution < -0.4 is 9.44 Å². The fourth-order valence-corrected chi connectivity index (χ4v) is 2.80. The van der Waals surface area contributed by atoms with E-state index in [1.165, 1.54) is 6.92 Å². The maximum absolute atomic E-state index is 11.6. The molecule has 0 aromatic heterocycles. The molecule has 1 aromatic carbocycles. The first kappa shape index (κ1) is 16.4. The van der Waals surface area contributed by atoms with Crippen LogP contribution in [-0.2, 0) is 15.8 Å². The van der Waals surface area contributed by atoms with Crippen molar-refractivity contribution in [1.82, 2.24) is 9.44 Å². The molecule has 1 atom stereocenters. The molecule has 0 aliphatic carbocycles. The molecule has 19 heavy (non-hydrogen) atoms. The van der Waals surface area contributed by atoms with Crippen LogP contribution in [0.2, 0.25) is 5.02 Å². The summed E-state index contributed by atoms with van der Waals surface area (Å²) in [5.74, 6) is 0. The smallest absolute Gasteiger partial charge is 0.277 e. The highest BCUT2D eigenvalue weighted by Crippen LogP contribution is 2.21. The van der Waals surface area contributed by atoms with Crippen molar-refractivity contribution in [3.05, 3.63) is 34.9 Å². The highest BCUT2D eigenvalue weighted by molar-refractivity contribution is 7.87. The highest BCUT2D eigenvalue weighted by atomic mass is 35.5. The van der Waals surface area contributed by atoms with Crippen molar-refractivity contribution in [3.8, 4) is 0 Å². The fraction of sp³-hybridized carbons (Fsp3) is 0.500. The van der Waals surface area contributed by atoms with Crippen LogP contribution >= 0.6 is 11.6 Å². The molecule has 0 amide bonds. The van der Waals surface area contributed by atoms with Gasteiger partial charge in [0.15, 0.2) is 0 Å². The molecule has 108 valence electrons. The van der Waals surface area contributed by atoms with E-state index in [-0.39, 0.29) is 12.6 Å². The summed E-state index contributed by atoms with van der Waals surface area (Å²) in [4.78, 5) is 0. The number of aliphatic hydroxyl groups is 1. The van der Waals surface area contributed by atoms with Crippen molar-refractivity contribution in [2.45, 2.75) is 32.4 Å². The second-order valence-corrected chi connectivity index (χ2v) is 6.85. The maximum Gasteiger partial charge on any atom is 0.277 e. The van der Waals surface area contributed by atoms with E-state index in [9.17, 15) is 13.5 Å². The summed E-state index contributed by atoms with van der Waals surface area (Å²) in [7, 11) is -3.62. The zero-order valence-electron chi connectivity index (χ0n) is 11.1. The van der Waals surface area contributed by atoms with E-state index in [0.717, 1.165) is 0 Å². The van der Waals surface area contributed by atoms with Crippen LogP contribution in [-0.4, -0.2) is 26.1 Å². The van der Waals surface area contributed by atoms with Crippen molar-refractivity contribution in [1.29, 1.82) is 0 Å². The number of rotatable bonds is 6. The summed E-state index contributed by atoms with van der Waals surface area (Å²) in [6, 6.07) is 6.40. The molecule has 5 nitrogen and oxygen atoms in total. The highest BCUT2D eigenvalue weighted by Gasteiger charge is 2.25. The van der Waals surface area contributed by atoms with Gasteiger partial charge in [0.2, 0.25) is 0 Å².